The van der Waals surface area contributed by atoms with Crippen LogP contribution in [0.25, 0.3) is 0 Å². The summed E-state index contributed by atoms with van der Waals surface area (Å²) in [6.07, 6.45) is 3.51. The Balaban J connectivity index is 2.80. The molecule has 0 aliphatic heterocycles. The first-order chi connectivity index (χ1) is 6.05. The van der Waals surface area contributed by atoms with Crippen molar-refractivity contribution in [3.63, 3.8) is 0 Å². The van der Waals surface area contributed by atoms with Gasteiger partial charge in [-0.25, -0.2) is 0 Å². The number of nitrogens with two attached hydrogens (primary N) is 1. The molecule has 0 saturated heterocycles. The molecule has 3 nitrogen and oxygen atoms in total. The fourth-order valence-corrected chi connectivity index (χ4v) is 1.24. The Hall–Kier alpha value is -0.610. The van der Waals surface area contributed by atoms with Crippen LogP contribution in [0.5, 0.6) is 0 Å². The molecular formula is C9H14BrN3. The maximum Gasteiger partial charge on any atom is 0.0590 e. The lowest BCUT2D eigenvalue weighted by Crippen LogP contribution is -2.39. The maximum atomic E-state index is 5.61. The second kappa shape index (κ2) is 4.07. The van der Waals surface area contributed by atoms with Crippen molar-refractivity contribution in [1.29, 1.82) is 0 Å². The Labute approximate surface area is 86.9 Å². The number of aromatic nitrogens is 1. The molecule has 0 aromatic carbocycles. The van der Waals surface area contributed by atoms with Gasteiger partial charge < -0.3 is 11.1 Å². The van der Waals surface area contributed by atoms with Crippen molar-refractivity contribution in [3.8, 4) is 0 Å². The van der Waals surface area contributed by atoms with E-state index in [0.717, 1.165) is 10.2 Å². The lowest BCUT2D eigenvalue weighted by atomic mass is 10.1. The maximum absolute atomic E-state index is 5.61. The zero-order chi connectivity index (χ0) is 9.90. The van der Waals surface area contributed by atoms with E-state index in [0.29, 0.717) is 6.54 Å². The standard InChI is InChI=1S/C9H14BrN3/c1-9(2,6-11)13-8-3-4-12-5-7(8)10/h3-5H,6,11H2,1-2H3,(H,12,13). The minimum Gasteiger partial charge on any atom is -0.378 e. The molecule has 72 valence electrons. The molecular weight excluding hydrogens is 230 g/mol. The molecule has 0 spiro atoms. The first kappa shape index (κ1) is 10.5. The Morgan fingerprint density at radius 3 is 2.85 bits per heavy atom. The van der Waals surface area contributed by atoms with E-state index >= 15 is 0 Å². The molecule has 1 aromatic heterocycles. The van der Waals surface area contributed by atoms with Gasteiger partial charge in [0.1, 0.15) is 0 Å². The fourth-order valence-electron chi connectivity index (χ4n) is 0.892. The second-order valence-electron chi connectivity index (χ2n) is 3.57. The third-order valence-electron chi connectivity index (χ3n) is 1.76. The third kappa shape index (κ3) is 2.97. The van der Waals surface area contributed by atoms with Gasteiger partial charge in [0.15, 0.2) is 0 Å². The van der Waals surface area contributed by atoms with E-state index in [-0.39, 0.29) is 5.54 Å². The zero-order valence-electron chi connectivity index (χ0n) is 7.84. The number of anilines is 1. The Morgan fingerprint density at radius 2 is 2.31 bits per heavy atom. The predicted molar refractivity (Wildman–Crippen MR) is 58.7 cm³/mol. The molecule has 0 unspecified atom stereocenters. The van der Waals surface area contributed by atoms with Gasteiger partial charge in [0.05, 0.1) is 10.2 Å². The molecule has 0 aliphatic carbocycles. The van der Waals surface area contributed by atoms with Crippen LogP contribution in [0.4, 0.5) is 5.69 Å². The summed E-state index contributed by atoms with van der Waals surface area (Å²) >= 11 is 3.41. The van der Waals surface area contributed by atoms with Crippen LogP contribution in [0.1, 0.15) is 13.8 Å². The normalized spacial score (nSPS) is 11.4. The fraction of sp³-hybridized carbons (Fsp3) is 0.444. The summed E-state index contributed by atoms with van der Waals surface area (Å²) in [7, 11) is 0. The van der Waals surface area contributed by atoms with Crippen LogP contribution in [-0.2, 0) is 0 Å². The molecule has 0 saturated carbocycles. The number of rotatable bonds is 3. The molecule has 0 amide bonds. The van der Waals surface area contributed by atoms with Crippen LogP contribution in [0.15, 0.2) is 22.9 Å². The number of nitrogens with one attached hydrogen (secondary N) is 1. The number of hydrogen-bond donors (Lipinski definition) is 2. The highest BCUT2D eigenvalue weighted by Gasteiger charge is 2.15. The van der Waals surface area contributed by atoms with Gasteiger partial charge in [-0.3, -0.25) is 4.98 Å². The quantitative estimate of drug-likeness (QED) is 0.854. The molecule has 1 heterocycles. The minimum absolute atomic E-state index is 0.0934. The van der Waals surface area contributed by atoms with Crippen molar-refractivity contribution < 1.29 is 0 Å². The summed E-state index contributed by atoms with van der Waals surface area (Å²) in [5.41, 5.74) is 6.54. The van der Waals surface area contributed by atoms with Crippen LogP contribution in [-0.4, -0.2) is 17.1 Å². The second-order valence-corrected chi connectivity index (χ2v) is 4.42. The molecule has 1 rings (SSSR count). The summed E-state index contributed by atoms with van der Waals surface area (Å²) in [5.74, 6) is 0. The largest absolute Gasteiger partial charge is 0.378 e. The van der Waals surface area contributed by atoms with Gasteiger partial charge in [0, 0.05) is 24.5 Å². The molecule has 0 aliphatic rings. The van der Waals surface area contributed by atoms with Gasteiger partial charge >= 0.3 is 0 Å². The van der Waals surface area contributed by atoms with E-state index in [2.05, 4.69) is 40.1 Å². The van der Waals surface area contributed by atoms with Crippen LogP contribution < -0.4 is 11.1 Å². The molecule has 13 heavy (non-hydrogen) atoms. The molecule has 1 aromatic rings. The summed E-state index contributed by atoms with van der Waals surface area (Å²) in [6, 6.07) is 1.92. The summed E-state index contributed by atoms with van der Waals surface area (Å²) < 4.78 is 0.955. The van der Waals surface area contributed by atoms with Crippen molar-refractivity contribution in [2.24, 2.45) is 5.73 Å². The first-order valence-electron chi connectivity index (χ1n) is 4.13. The lowest BCUT2D eigenvalue weighted by Gasteiger charge is -2.26. The van der Waals surface area contributed by atoms with Crippen LogP contribution in [0.2, 0.25) is 0 Å². The minimum atomic E-state index is -0.0934. The number of pyridine rings is 1. The van der Waals surface area contributed by atoms with Crippen LogP contribution >= 0.6 is 15.9 Å². The first-order valence-corrected chi connectivity index (χ1v) is 4.92. The van der Waals surface area contributed by atoms with Crippen LogP contribution in [0, 0.1) is 0 Å². The van der Waals surface area contributed by atoms with Crippen molar-refractivity contribution in [2.75, 3.05) is 11.9 Å². The van der Waals surface area contributed by atoms with E-state index in [1.54, 1.807) is 12.4 Å². The van der Waals surface area contributed by atoms with Gasteiger partial charge in [-0.05, 0) is 35.8 Å². The number of nitrogens with zero attached hydrogens (tertiary/aromatic N) is 1. The highest BCUT2D eigenvalue weighted by molar-refractivity contribution is 9.10. The van der Waals surface area contributed by atoms with Crippen LogP contribution in [0.3, 0.4) is 0 Å². The summed E-state index contributed by atoms with van der Waals surface area (Å²) in [4.78, 5) is 3.98. The number of halogens is 1. The summed E-state index contributed by atoms with van der Waals surface area (Å²) in [5, 5.41) is 3.32. The number of hydrogen-bond acceptors (Lipinski definition) is 3. The van der Waals surface area contributed by atoms with E-state index in [1.807, 2.05) is 6.07 Å². The van der Waals surface area contributed by atoms with Crippen molar-refractivity contribution >= 4 is 21.6 Å². The molecule has 3 N–H and O–H groups in total. The smallest absolute Gasteiger partial charge is 0.0590 e. The predicted octanol–water partition coefficient (Wildman–Crippen LogP) is 1.99. The monoisotopic (exact) mass is 243 g/mol. The van der Waals surface area contributed by atoms with E-state index in [4.69, 9.17) is 5.73 Å². The lowest BCUT2D eigenvalue weighted by molar-refractivity contribution is 0.579. The summed E-state index contributed by atoms with van der Waals surface area (Å²) in [6.45, 7) is 4.70. The van der Waals surface area contributed by atoms with E-state index in [9.17, 15) is 0 Å². The topological polar surface area (TPSA) is 50.9 Å². The van der Waals surface area contributed by atoms with E-state index in [1.165, 1.54) is 0 Å². The van der Waals surface area contributed by atoms with Gasteiger partial charge in [-0.2, -0.15) is 0 Å². The molecule has 0 radical (unpaired) electrons. The van der Waals surface area contributed by atoms with Gasteiger partial charge in [0.2, 0.25) is 0 Å². The molecule has 0 atom stereocenters. The average Bonchev–Trinajstić information content (AvgIpc) is 2.09. The van der Waals surface area contributed by atoms with Gasteiger partial charge in [-0.15, -0.1) is 0 Å². The van der Waals surface area contributed by atoms with Gasteiger partial charge in [-0.1, -0.05) is 0 Å². The Kier molecular flexibility index (Phi) is 3.27. The third-order valence-corrected chi connectivity index (χ3v) is 2.39. The molecule has 0 bridgehead atoms. The SMILES string of the molecule is CC(C)(CN)Nc1ccncc1Br. The zero-order valence-corrected chi connectivity index (χ0v) is 9.43. The highest BCUT2D eigenvalue weighted by Crippen LogP contribution is 2.23. The van der Waals surface area contributed by atoms with Crippen molar-refractivity contribution in [1.82, 2.24) is 4.98 Å². The van der Waals surface area contributed by atoms with E-state index < -0.39 is 0 Å². The van der Waals surface area contributed by atoms with Crippen molar-refractivity contribution in [3.05, 3.63) is 22.9 Å². The Morgan fingerprint density at radius 1 is 1.62 bits per heavy atom. The molecule has 0 fully saturated rings. The van der Waals surface area contributed by atoms with Crippen molar-refractivity contribution in [2.45, 2.75) is 19.4 Å². The average molecular weight is 244 g/mol. The Bertz CT molecular complexity index is 286. The molecule has 4 heteroatoms. The highest BCUT2D eigenvalue weighted by atomic mass is 79.9. The van der Waals surface area contributed by atoms with Gasteiger partial charge in [0.25, 0.3) is 0 Å².